The molecule has 0 aliphatic rings. The molecule has 0 radical (unpaired) electrons. The van der Waals surface area contributed by atoms with Gasteiger partial charge in [0.05, 0.1) is 41.2 Å². The Kier molecular flexibility index (Phi) is 3.91. The molecule has 0 N–H and O–H groups in total. The Morgan fingerprint density at radius 2 is 2.12 bits per heavy atom. The van der Waals surface area contributed by atoms with Crippen LogP contribution in [0.15, 0.2) is 17.8 Å². The molecule has 6 heteroatoms. The van der Waals surface area contributed by atoms with Crippen molar-refractivity contribution in [2.75, 3.05) is 11.9 Å². The molecule has 0 fully saturated rings. The van der Waals surface area contributed by atoms with Gasteiger partial charge >= 0.3 is 0 Å². The highest BCUT2D eigenvalue weighted by Gasteiger charge is 2.06. The summed E-state index contributed by atoms with van der Waals surface area (Å²) in [5, 5.41) is 3.14. The lowest BCUT2D eigenvalue weighted by Gasteiger charge is -2.16. The SMILES string of the molecule is Cc1nc(CN(C)c2cnc(CCl)cn2)cs1. The van der Waals surface area contributed by atoms with Gasteiger partial charge in [0.1, 0.15) is 5.82 Å². The van der Waals surface area contributed by atoms with Crippen molar-refractivity contribution in [3.8, 4) is 0 Å². The van der Waals surface area contributed by atoms with Crippen molar-refractivity contribution in [2.24, 2.45) is 0 Å². The topological polar surface area (TPSA) is 41.9 Å². The van der Waals surface area contributed by atoms with E-state index in [-0.39, 0.29) is 0 Å². The molecule has 2 heterocycles. The van der Waals surface area contributed by atoms with Crippen LogP contribution in [0.5, 0.6) is 0 Å². The van der Waals surface area contributed by atoms with Crippen molar-refractivity contribution >= 4 is 28.8 Å². The van der Waals surface area contributed by atoms with Crippen LogP contribution in [0.3, 0.4) is 0 Å². The quantitative estimate of drug-likeness (QED) is 0.800. The zero-order valence-corrected chi connectivity index (χ0v) is 11.3. The van der Waals surface area contributed by atoms with Crippen LogP contribution in [0.1, 0.15) is 16.4 Å². The zero-order valence-electron chi connectivity index (χ0n) is 9.72. The Morgan fingerprint density at radius 1 is 1.29 bits per heavy atom. The van der Waals surface area contributed by atoms with Gasteiger partial charge in [0, 0.05) is 12.4 Å². The van der Waals surface area contributed by atoms with Crippen molar-refractivity contribution in [1.82, 2.24) is 15.0 Å². The summed E-state index contributed by atoms with van der Waals surface area (Å²) in [5.41, 5.74) is 1.84. The first kappa shape index (κ1) is 12.3. The third-order valence-electron chi connectivity index (χ3n) is 2.29. The third kappa shape index (κ3) is 3.14. The van der Waals surface area contributed by atoms with Gasteiger partial charge in [-0.25, -0.2) is 9.97 Å². The second kappa shape index (κ2) is 5.42. The monoisotopic (exact) mass is 268 g/mol. The number of hydrogen-bond acceptors (Lipinski definition) is 5. The maximum absolute atomic E-state index is 5.67. The van der Waals surface area contributed by atoms with Gasteiger partial charge in [-0.05, 0) is 6.92 Å². The molecule has 0 atom stereocenters. The van der Waals surface area contributed by atoms with Gasteiger partial charge in [-0.3, -0.25) is 4.98 Å². The maximum Gasteiger partial charge on any atom is 0.147 e. The smallest absolute Gasteiger partial charge is 0.147 e. The molecule has 2 rings (SSSR count). The lowest BCUT2D eigenvalue weighted by molar-refractivity contribution is 0.860. The summed E-state index contributed by atoms with van der Waals surface area (Å²) in [6.45, 7) is 2.74. The first-order chi connectivity index (χ1) is 8.19. The molecule has 0 aliphatic heterocycles. The van der Waals surface area contributed by atoms with Gasteiger partial charge < -0.3 is 4.90 Å². The fourth-order valence-electron chi connectivity index (χ4n) is 1.42. The average Bonchev–Trinajstić information content (AvgIpc) is 2.75. The number of aromatic nitrogens is 3. The minimum absolute atomic E-state index is 0.391. The first-order valence-electron chi connectivity index (χ1n) is 5.18. The maximum atomic E-state index is 5.67. The zero-order chi connectivity index (χ0) is 12.3. The fourth-order valence-corrected chi connectivity index (χ4v) is 2.16. The summed E-state index contributed by atoms with van der Waals surface area (Å²) in [5.74, 6) is 1.21. The van der Waals surface area contributed by atoms with E-state index >= 15 is 0 Å². The van der Waals surface area contributed by atoms with Crippen LogP contribution in [0.25, 0.3) is 0 Å². The lowest BCUT2D eigenvalue weighted by atomic mass is 10.4. The van der Waals surface area contributed by atoms with Crippen LogP contribution in [0.4, 0.5) is 5.82 Å². The number of nitrogens with zero attached hydrogens (tertiary/aromatic N) is 4. The van der Waals surface area contributed by atoms with Crippen molar-refractivity contribution in [3.05, 3.63) is 34.2 Å². The van der Waals surface area contributed by atoms with E-state index < -0.39 is 0 Å². The summed E-state index contributed by atoms with van der Waals surface area (Å²) < 4.78 is 0. The predicted octanol–water partition coefficient (Wildman–Crippen LogP) is 2.62. The minimum Gasteiger partial charge on any atom is -0.352 e. The normalized spacial score (nSPS) is 10.5. The second-order valence-electron chi connectivity index (χ2n) is 3.71. The van der Waals surface area contributed by atoms with Gasteiger partial charge in [0.25, 0.3) is 0 Å². The number of rotatable bonds is 4. The second-order valence-corrected chi connectivity index (χ2v) is 5.04. The highest BCUT2D eigenvalue weighted by molar-refractivity contribution is 7.09. The average molecular weight is 269 g/mol. The Balaban J connectivity index is 2.06. The Morgan fingerprint density at radius 3 is 2.65 bits per heavy atom. The van der Waals surface area contributed by atoms with E-state index in [2.05, 4.69) is 20.3 Å². The van der Waals surface area contributed by atoms with E-state index in [1.54, 1.807) is 23.7 Å². The van der Waals surface area contributed by atoms with Crippen molar-refractivity contribution < 1.29 is 0 Å². The molecule has 0 amide bonds. The molecule has 90 valence electrons. The molecule has 0 aromatic carbocycles. The predicted molar refractivity (Wildman–Crippen MR) is 70.5 cm³/mol. The number of hydrogen-bond donors (Lipinski definition) is 0. The fraction of sp³-hybridized carbons (Fsp3) is 0.364. The number of halogens is 1. The van der Waals surface area contributed by atoms with E-state index in [0.717, 1.165) is 28.8 Å². The summed E-state index contributed by atoms with van der Waals surface area (Å²) in [6, 6.07) is 0. The van der Waals surface area contributed by atoms with E-state index in [1.807, 2.05) is 18.9 Å². The number of alkyl halides is 1. The summed E-state index contributed by atoms with van der Waals surface area (Å²) in [4.78, 5) is 14.9. The molecule has 2 aromatic heterocycles. The van der Waals surface area contributed by atoms with Gasteiger partial charge in [-0.2, -0.15) is 0 Å². The highest BCUT2D eigenvalue weighted by atomic mass is 35.5. The molecule has 0 spiro atoms. The Bertz CT molecular complexity index is 482. The molecule has 17 heavy (non-hydrogen) atoms. The molecule has 4 nitrogen and oxygen atoms in total. The standard InChI is InChI=1S/C11H13ClN4S/c1-8-15-10(7-17-8)6-16(2)11-5-13-9(3-12)4-14-11/h4-5,7H,3,6H2,1-2H3. The molecule has 0 unspecified atom stereocenters. The lowest BCUT2D eigenvalue weighted by Crippen LogP contribution is -2.18. The molecule has 0 saturated heterocycles. The molecular formula is C11H13ClN4S. The van der Waals surface area contributed by atoms with E-state index in [1.165, 1.54) is 0 Å². The van der Waals surface area contributed by atoms with Crippen LogP contribution in [-0.2, 0) is 12.4 Å². The molecule has 0 bridgehead atoms. The van der Waals surface area contributed by atoms with Crippen LogP contribution in [0, 0.1) is 6.92 Å². The van der Waals surface area contributed by atoms with Gasteiger partial charge in [-0.1, -0.05) is 0 Å². The highest BCUT2D eigenvalue weighted by Crippen LogP contribution is 2.14. The van der Waals surface area contributed by atoms with Crippen molar-refractivity contribution in [1.29, 1.82) is 0 Å². The molecular weight excluding hydrogens is 256 g/mol. The number of anilines is 1. The van der Waals surface area contributed by atoms with Crippen LogP contribution >= 0.6 is 22.9 Å². The summed E-state index contributed by atoms with van der Waals surface area (Å²) in [7, 11) is 1.97. The Labute approximate surface area is 109 Å². The Hall–Kier alpha value is -1.20. The van der Waals surface area contributed by atoms with E-state index in [4.69, 9.17) is 11.6 Å². The van der Waals surface area contributed by atoms with Gasteiger partial charge in [0.2, 0.25) is 0 Å². The summed E-state index contributed by atoms with van der Waals surface area (Å²) in [6.07, 6.45) is 3.43. The largest absolute Gasteiger partial charge is 0.352 e. The third-order valence-corrected chi connectivity index (χ3v) is 3.38. The van der Waals surface area contributed by atoms with Gasteiger partial charge in [0.15, 0.2) is 0 Å². The number of aryl methyl sites for hydroxylation is 1. The molecule has 0 aliphatic carbocycles. The summed E-state index contributed by atoms with van der Waals surface area (Å²) >= 11 is 7.32. The van der Waals surface area contributed by atoms with Gasteiger partial charge in [-0.15, -0.1) is 22.9 Å². The van der Waals surface area contributed by atoms with Crippen molar-refractivity contribution in [2.45, 2.75) is 19.3 Å². The molecule has 0 saturated carbocycles. The van der Waals surface area contributed by atoms with Crippen LogP contribution in [0.2, 0.25) is 0 Å². The van der Waals surface area contributed by atoms with Crippen LogP contribution in [-0.4, -0.2) is 22.0 Å². The molecule has 2 aromatic rings. The van der Waals surface area contributed by atoms with E-state index in [9.17, 15) is 0 Å². The minimum atomic E-state index is 0.391. The van der Waals surface area contributed by atoms with Crippen molar-refractivity contribution in [3.63, 3.8) is 0 Å². The van der Waals surface area contributed by atoms with E-state index in [0.29, 0.717) is 5.88 Å². The first-order valence-corrected chi connectivity index (χ1v) is 6.59. The number of thiazole rings is 1. The van der Waals surface area contributed by atoms with Crippen LogP contribution < -0.4 is 4.90 Å².